The fraction of sp³-hybridized carbons (Fsp3) is 0.469. The van der Waals surface area contributed by atoms with Crippen molar-refractivity contribution < 1.29 is 29.2 Å². The third-order valence-corrected chi connectivity index (χ3v) is 7.07. The van der Waals surface area contributed by atoms with E-state index >= 15 is 0 Å². The van der Waals surface area contributed by atoms with Crippen LogP contribution in [-0.4, -0.2) is 40.8 Å². The van der Waals surface area contributed by atoms with E-state index in [9.17, 15) is 9.90 Å². The maximum Gasteiger partial charge on any atom is 0.328 e. The van der Waals surface area contributed by atoms with Crippen LogP contribution in [0.3, 0.4) is 0 Å². The molecule has 1 saturated heterocycles. The van der Waals surface area contributed by atoms with E-state index in [1.807, 2.05) is 50.3 Å². The molecule has 6 nitrogen and oxygen atoms in total. The fourth-order valence-corrected chi connectivity index (χ4v) is 4.98. The minimum Gasteiger partial charge on any atom is -0.486 e. The second-order valence-electron chi connectivity index (χ2n) is 11.0. The summed E-state index contributed by atoms with van der Waals surface area (Å²) in [5.74, 6) is 0.531. The summed E-state index contributed by atoms with van der Waals surface area (Å²) in [6.45, 7) is 12.4. The number of benzene rings is 1. The molecule has 6 heteroatoms. The van der Waals surface area contributed by atoms with Gasteiger partial charge in [-0.25, -0.2) is 4.79 Å². The third-order valence-electron chi connectivity index (χ3n) is 7.07. The summed E-state index contributed by atoms with van der Waals surface area (Å²) in [5, 5.41) is 18.8. The van der Waals surface area contributed by atoms with Gasteiger partial charge in [0, 0.05) is 12.5 Å². The van der Waals surface area contributed by atoms with Crippen LogP contribution in [0.2, 0.25) is 0 Å². The van der Waals surface area contributed by atoms with Crippen molar-refractivity contribution in [1.82, 2.24) is 0 Å². The Kier molecular flexibility index (Phi) is 10.2. The molecule has 206 valence electrons. The molecule has 1 aromatic rings. The van der Waals surface area contributed by atoms with Gasteiger partial charge in [-0.2, -0.15) is 0 Å². The topological polar surface area (TPSA) is 85.2 Å². The molecule has 4 atom stereocenters. The lowest BCUT2D eigenvalue weighted by atomic mass is 9.71. The summed E-state index contributed by atoms with van der Waals surface area (Å²) in [4.78, 5) is 10.8. The van der Waals surface area contributed by atoms with Crippen molar-refractivity contribution in [1.29, 1.82) is 0 Å². The SMILES string of the molecule is CC1=C(/C=C/C(C)=C/C=C/C(C)=C/C(=O)O)C(C)(C)CCC1Oc1ccc(OC2CC(O)CC(C)O2)cc1. The zero-order chi connectivity index (χ0) is 27.9. The van der Waals surface area contributed by atoms with Crippen LogP contribution >= 0.6 is 0 Å². The fourth-order valence-electron chi connectivity index (χ4n) is 4.98. The van der Waals surface area contributed by atoms with Gasteiger partial charge >= 0.3 is 5.97 Å². The number of hydrogen-bond donors (Lipinski definition) is 2. The summed E-state index contributed by atoms with van der Waals surface area (Å²) >= 11 is 0. The van der Waals surface area contributed by atoms with Crippen LogP contribution in [0.4, 0.5) is 0 Å². The van der Waals surface area contributed by atoms with Gasteiger partial charge in [0.2, 0.25) is 6.29 Å². The highest BCUT2D eigenvalue weighted by atomic mass is 16.7. The summed E-state index contributed by atoms with van der Waals surface area (Å²) in [6, 6.07) is 7.60. The van der Waals surface area contributed by atoms with Gasteiger partial charge < -0.3 is 24.4 Å². The molecule has 4 unspecified atom stereocenters. The lowest BCUT2D eigenvalue weighted by molar-refractivity contribution is -0.170. The largest absolute Gasteiger partial charge is 0.486 e. The molecular weight excluding hydrogens is 480 g/mol. The number of allylic oxidation sites excluding steroid dienone is 8. The molecule has 0 bridgehead atoms. The average Bonchev–Trinajstić information content (AvgIpc) is 2.81. The van der Waals surface area contributed by atoms with Crippen LogP contribution in [0.25, 0.3) is 0 Å². The number of aliphatic carboxylic acids is 1. The summed E-state index contributed by atoms with van der Waals surface area (Å²) in [5.41, 5.74) is 4.29. The number of carboxylic acids is 1. The number of hydrogen-bond acceptors (Lipinski definition) is 5. The molecule has 3 rings (SSSR count). The molecule has 2 aliphatic rings. The monoisotopic (exact) mass is 522 g/mol. The van der Waals surface area contributed by atoms with Crippen molar-refractivity contribution in [3.8, 4) is 11.5 Å². The van der Waals surface area contributed by atoms with Crippen molar-refractivity contribution in [3.05, 3.63) is 83.0 Å². The van der Waals surface area contributed by atoms with Crippen LogP contribution in [0.5, 0.6) is 11.5 Å². The van der Waals surface area contributed by atoms with Crippen molar-refractivity contribution >= 4 is 5.97 Å². The lowest BCUT2D eigenvalue weighted by Gasteiger charge is -2.37. The molecule has 1 aliphatic heterocycles. The summed E-state index contributed by atoms with van der Waals surface area (Å²) in [6.07, 6.45) is 13.2. The van der Waals surface area contributed by atoms with Gasteiger partial charge in [0.05, 0.1) is 12.2 Å². The molecule has 0 spiro atoms. The Morgan fingerprint density at radius 3 is 2.34 bits per heavy atom. The average molecular weight is 523 g/mol. The summed E-state index contributed by atoms with van der Waals surface area (Å²) in [7, 11) is 0. The maximum absolute atomic E-state index is 10.8. The van der Waals surface area contributed by atoms with Gasteiger partial charge in [0.1, 0.15) is 17.6 Å². The van der Waals surface area contributed by atoms with Gasteiger partial charge in [0.15, 0.2) is 0 Å². The van der Waals surface area contributed by atoms with Gasteiger partial charge in [-0.05, 0) is 93.4 Å². The Balaban J connectivity index is 1.67. The first-order valence-electron chi connectivity index (χ1n) is 13.4. The highest BCUT2D eigenvalue weighted by Gasteiger charge is 2.33. The molecule has 38 heavy (non-hydrogen) atoms. The molecule has 1 aromatic carbocycles. The molecule has 1 heterocycles. The highest BCUT2D eigenvalue weighted by Crippen LogP contribution is 2.42. The number of carboxylic acid groups (broad SMARTS) is 1. The first kappa shape index (κ1) is 29.5. The maximum atomic E-state index is 10.8. The van der Waals surface area contributed by atoms with Crippen LogP contribution in [0.1, 0.15) is 67.2 Å². The van der Waals surface area contributed by atoms with Crippen molar-refractivity contribution in [2.75, 3.05) is 0 Å². The van der Waals surface area contributed by atoms with Gasteiger partial charge in [-0.15, -0.1) is 0 Å². The molecule has 0 saturated carbocycles. The van der Waals surface area contributed by atoms with Crippen molar-refractivity contribution in [3.63, 3.8) is 0 Å². The smallest absolute Gasteiger partial charge is 0.328 e. The molecule has 0 amide bonds. The number of ether oxygens (including phenoxy) is 3. The van der Waals surface area contributed by atoms with E-state index in [1.54, 1.807) is 13.0 Å². The lowest BCUT2D eigenvalue weighted by Crippen LogP contribution is -2.37. The first-order chi connectivity index (χ1) is 17.9. The Hall–Kier alpha value is -3.09. The van der Waals surface area contributed by atoms with Crippen molar-refractivity contribution in [2.24, 2.45) is 5.41 Å². The Bertz CT molecular complexity index is 1110. The molecule has 1 aliphatic carbocycles. The van der Waals surface area contributed by atoms with E-state index < -0.39 is 18.4 Å². The van der Waals surface area contributed by atoms with Gasteiger partial charge in [-0.1, -0.05) is 49.8 Å². The second-order valence-corrected chi connectivity index (χ2v) is 11.0. The quantitative estimate of drug-likeness (QED) is 0.270. The van der Waals surface area contributed by atoms with Gasteiger partial charge in [-0.3, -0.25) is 0 Å². The molecule has 0 aromatic heterocycles. The molecule has 0 radical (unpaired) electrons. The minimum absolute atomic E-state index is 0.0138. The number of aliphatic hydroxyl groups excluding tert-OH is 1. The predicted molar refractivity (Wildman–Crippen MR) is 150 cm³/mol. The van der Waals surface area contributed by atoms with E-state index in [4.69, 9.17) is 19.3 Å². The Labute approximate surface area is 227 Å². The zero-order valence-corrected chi connectivity index (χ0v) is 23.4. The van der Waals surface area contributed by atoms with Crippen LogP contribution in [0.15, 0.2) is 83.0 Å². The highest BCUT2D eigenvalue weighted by molar-refractivity contribution is 5.81. The Morgan fingerprint density at radius 2 is 1.71 bits per heavy atom. The number of aliphatic hydroxyl groups is 1. The Morgan fingerprint density at radius 1 is 1.05 bits per heavy atom. The number of rotatable bonds is 9. The summed E-state index contributed by atoms with van der Waals surface area (Å²) < 4.78 is 18.1. The number of carbonyl (C=O) groups is 1. The van der Waals surface area contributed by atoms with E-state index in [0.29, 0.717) is 24.2 Å². The van der Waals surface area contributed by atoms with Gasteiger partial charge in [0.25, 0.3) is 0 Å². The van der Waals surface area contributed by atoms with Crippen LogP contribution in [0, 0.1) is 5.41 Å². The minimum atomic E-state index is -0.944. The third kappa shape index (κ3) is 8.74. The van der Waals surface area contributed by atoms with E-state index in [0.717, 1.165) is 24.2 Å². The van der Waals surface area contributed by atoms with E-state index in [2.05, 4.69) is 32.9 Å². The predicted octanol–water partition coefficient (Wildman–Crippen LogP) is 6.92. The standard InChI is InChI=1S/C32H42O6/c1-21(8-7-9-22(2)18-30(34)35)10-15-28-24(4)29(16-17-32(28,5)6)37-26-11-13-27(14-12-26)38-31-20-25(33)19-23(3)36-31/h7-15,18,23,25,29,31,33H,16-17,19-20H2,1-6H3,(H,34,35)/b9-7+,15-10+,21-8+,22-18+. The zero-order valence-electron chi connectivity index (χ0n) is 23.4. The van der Waals surface area contributed by atoms with Crippen LogP contribution < -0.4 is 9.47 Å². The first-order valence-corrected chi connectivity index (χ1v) is 13.4. The normalized spacial score (nSPS) is 26.7. The van der Waals surface area contributed by atoms with E-state index in [-0.39, 0.29) is 17.6 Å². The van der Waals surface area contributed by atoms with Crippen LogP contribution in [-0.2, 0) is 9.53 Å². The molecular formula is C32H42O6. The van der Waals surface area contributed by atoms with E-state index in [1.165, 1.54) is 17.2 Å². The molecule has 2 N–H and O–H groups in total. The molecule has 1 fully saturated rings. The van der Waals surface area contributed by atoms with Crippen molar-refractivity contribution in [2.45, 2.75) is 91.8 Å². The second kappa shape index (κ2) is 13.1.